The summed E-state index contributed by atoms with van der Waals surface area (Å²) < 4.78 is 0. The van der Waals surface area contributed by atoms with Gasteiger partial charge in [0.25, 0.3) is 0 Å². The molecule has 204 valence electrons. The van der Waals surface area contributed by atoms with E-state index in [1.54, 1.807) is 0 Å². The maximum Gasteiger partial charge on any atom is 0.0708 e. The largest absolute Gasteiger partial charge is 0.256 e. The van der Waals surface area contributed by atoms with Crippen molar-refractivity contribution in [1.82, 2.24) is 4.98 Å². The van der Waals surface area contributed by atoms with Gasteiger partial charge in [0.1, 0.15) is 0 Å². The first-order valence-corrected chi connectivity index (χ1v) is 15.1. The van der Waals surface area contributed by atoms with Gasteiger partial charge in [-0.1, -0.05) is 133 Å². The lowest BCUT2D eigenvalue weighted by Gasteiger charge is -2.21. The van der Waals surface area contributed by atoms with Crippen molar-refractivity contribution in [3.63, 3.8) is 0 Å². The molecule has 0 spiro atoms. The predicted molar refractivity (Wildman–Crippen MR) is 188 cm³/mol. The molecule has 0 amide bonds. The fourth-order valence-electron chi connectivity index (χ4n) is 7.04. The van der Waals surface area contributed by atoms with Crippen molar-refractivity contribution in [1.29, 1.82) is 0 Å². The van der Waals surface area contributed by atoms with Crippen molar-refractivity contribution in [2.45, 2.75) is 0 Å². The van der Waals surface area contributed by atoms with E-state index in [2.05, 4.69) is 164 Å². The van der Waals surface area contributed by atoms with E-state index < -0.39 is 0 Å². The van der Waals surface area contributed by atoms with Gasteiger partial charge in [-0.15, -0.1) is 0 Å². The van der Waals surface area contributed by atoms with Gasteiger partial charge >= 0.3 is 0 Å². The fourth-order valence-corrected chi connectivity index (χ4v) is 7.04. The van der Waals surface area contributed by atoms with Gasteiger partial charge in [-0.25, -0.2) is 0 Å². The van der Waals surface area contributed by atoms with Crippen molar-refractivity contribution in [3.05, 3.63) is 164 Å². The summed E-state index contributed by atoms with van der Waals surface area (Å²) in [5.41, 5.74) is 8.35. The van der Waals surface area contributed by atoms with Crippen LogP contribution in [0, 0.1) is 0 Å². The average molecular weight is 558 g/mol. The van der Waals surface area contributed by atoms with Crippen LogP contribution in [0.25, 0.3) is 87.4 Å². The first kappa shape index (κ1) is 24.8. The van der Waals surface area contributed by atoms with Gasteiger partial charge in [0.05, 0.1) is 5.52 Å². The molecule has 0 unspecified atom stereocenters. The number of hydrogen-bond acceptors (Lipinski definition) is 1. The number of benzene rings is 8. The monoisotopic (exact) mass is 557 g/mol. The van der Waals surface area contributed by atoms with Gasteiger partial charge in [0.2, 0.25) is 0 Å². The maximum atomic E-state index is 5.05. The van der Waals surface area contributed by atoms with E-state index in [1.807, 2.05) is 0 Å². The Kier molecular flexibility index (Phi) is 5.57. The van der Waals surface area contributed by atoms with Gasteiger partial charge in [-0.05, 0) is 90.0 Å². The van der Waals surface area contributed by atoms with Crippen LogP contribution in [0.3, 0.4) is 0 Å². The Morgan fingerprint density at radius 3 is 1.66 bits per heavy atom. The second kappa shape index (κ2) is 9.90. The van der Waals surface area contributed by atoms with E-state index in [1.165, 1.54) is 76.5 Å². The summed E-state index contributed by atoms with van der Waals surface area (Å²) in [4.78, 5) is 5.05. The molecule has 8 aromatic carbocycles. The SMILES string of the molecule is c1ccc(-c2cc3ccccc3cc2-c2c3ccccc3c(-c3ccc4ccccc4c3)c3c2cnc2ccccc23)cc1. The number of fused-ring (bicyclic) bond motifs is 6. The highest BCUT2D eigenvalue weighted by Gasteiger charge is 2.21. The minimum atomic E-state index is 1.00. The van der Waals surface area contributed by atoms with Crippen LogP contribution in [-0.4, -0.2) is 4.98 Å². The van der Waals surface area contributed by atoms with E-state index in [4.69, 9.17) is 4.98 Å². The smallest absolute Gasteiger partial charge is 0.0708 e. The number of pyridine rings is 1. The highest BCUT2D eigenvalue weighted by Crippen LogP contribution is 2.48. The van der Waals surface area contributed by atoms with Gasteiger partial charge < -0.3 is 0 Å². The minimum Gasteiger partial charge on any atom is -0.256 e. The molecule has 0 aliphatic rings. The van der Waals surface area contributed by atoms with Crippen molar-refractivity contribution < 1.29 is 0 Å². The maximum absolute atomic E-state index is 5.05. The zero-order valence-corrected chi connectivity index (χ0v) is 24.0. The van der Waals surface area contributed by atoms with E-state index in [-0.39, 0.29) is 0 Å². The molecule has 0 N–H and O–H groups in total. The van der Waals surface area contributed by atoms with E-state index in [9.17, 15) is 0 Å². The summed E-state index contributed by atoms with van der Waals surface area (Å²) in [7, 11) is 0. The summed E-state index contributed by atoms with van der Waals surface area (Å²) >= 11 is 0. The molecular formula is C43H27N. The Morgan fingerprint density at radius 1 is 0.341 bits per heavy atom. The van der Waals surface area contributed by atoms with Gasteiger partial charge in [-0.2, -0.15) is 0 Å². The molecule has 44 heavy (non-hydrogen) atoms. The zero-order chi connectivity index (χ0) is 29.0. The summed E-state index contributed by atoms with van der Waals surface area (Å²) in [6.45, 7) is 0. The van der Waals surface area contributed by atoms with Crippen LogP contribution in [0.4, 0.5) is 0 Å². The summed E-state index contributed by atoms with van der Waals surface area (Å²) in [5.74, 6) is 0. The molecule has 0 atom stereocenters. The highest BCUT2D eigenvalue weighted by atomic mass is 14.7. The summed E-state index contributed by atoms with van der Waals surface area (Å²) in [6, 6.07) is 57.2. The Balaban J connectivity index is 1.50. The first-order valence-electron chi connectivity index (χ1n) is 15.1. The predicted octanol–water partition coefficient (Wildman–Crippen LogP) is 11.8. The third-order valence-electron chi connectivity index (χ3n) is 9.04. The van der Waals surface area contributed by atoms with E-state index in [0.29, 0.717) is 0 Å². The standard InChI is InChI=1S/C43H27N/c1-2-13-29(14-3-1)37-25-31-16-6-7-17-32(31)26-38(37)42-35-19-9-8-18-34(35)41(33-23-22-28-12-4-5-15-30(28)24-33)43-36-20-10-11-21-40(36)44-27-39(42)43/h1-27H. The third kappa shape index (κ3) is 3.83. The van der Waals surface area contributed by atoms with Crippen LogP contribution in [-0.2, 0) is 0 Å². The average Bonchev–Trinajstić information content (AvgIpc) is 3.10. The Bertz CT molecular complexity index is 2540. The molecule has 1 heteroatoms. The molecule has 0 radical (unpaired) electrons. The van der Waals surface area contributed by atoms with Crippen molar-refractivity contribution in [2.24, 2.45) is 0 Å². The number of aromatic nitrogens is 1. The van der Waals surface area contributed by atoms with Crippen LogP contribution in [0.5, 0.6) is 0 Å². The van der Waals surface area contributed by atoms with E-state index >= 15 is 0 Å². The van der Waals surface area contributed by atoms with Crippen LogP contribution >= 0.6 is 0 Å². The van der Waals surface area contributed by atoms with Gasteiger partial charge in [-0.3, -0.25) is 4.98 Å². The molecular weight excluding hydrogens is 530 g/mol. The Hall–Kier alpha value is -5.79. The number of nitrogens with zero attached hydrogens (tertiary/aromatic N) is 1. The topological polar surface area (TPSA) is 12.9 Å². The lowest BCUT2D eigenvalue weighted by Crippen LogP contribution is -1.95. The second-order valence-electron chi connectivity index (χ2n) is 11.5. The van der Waals surface area contributed by atoms with Crippen LogP contribution in [0.2, 0.25) is 0 Å². The number of para-hydroxylation sites is 1. The van der Waals surface area contributed by atoms with Crippen LogP contribution < -0.4 is 0 Å². The molecule has 0 bridgehead atoms. The molecule has 0 fully saturated rings. The van der Waals surface area contributed by atoms with Crippen molar-refractivity contribution in [2.75, 3.05) is 0 Å². The Morgan fingerprint density at radius 2 is 0.909 bits per heavy atom. The second-order valence-corrected chi connectivity index (χ2v) is 11.5. The number of hydrogen-bond donors (Lipinski definition) is 0. The molecule has 0 aliphatic carbocycles. The minimum absolute atomic E-state index is 1.00. The molecule has 0 saturated carbocycles. The summed E-state index contributed by atoms with van der Waals surface area (Å²) in [6.07, 6.45) is 2.11. The Labute approximate surface area is 255 Å². The zero-order valence-electron chi connectivity index (χ0n) is 24.0. The lowest BCUT2D eigenvalue weighted by molar-refractivity contribution is 1.45. The van der Waals surface area contributed by atoms with Gasteiger partial charge in [0.15, 0.2) is 0 Å². The number of rotatable bonds is 3. The fraction of sp³-hybridized carbons (Fsp3) is 0. The molecule has 9 aromatic rings. The quantitative estimate of drug-likeness (QED) is 0.155. The third-order valence-corrected chi connectivity index (χ3v) is 9.04. The van der Waals surface area contributed by atoms with Crippen LogP contribution in [0.15, 0.2) is 164 Å². The molecule has 1 nitrogen and oxygen atoms in total. The lowest BCUT2D eigenvalue weighted by atomic mass is 9.82. The van der Waals surface area contributed by atoms with Gasteiger partial charge in [0, 0.05) is 22.4 Å². The first-order chi connectivity index (χ1) is 21.8. The normalized spacial score (nSPS) is 11.6. The summed E-state index contributed by atoms with van der Waals surface area (Å²) in [5, 5.41) is 11.0. The highest BCUT2D eigenvalue weighted by molar-refractivity contribution is 6.28. The molecule has 9 rings (SSSR count). The molecule has 0 saturated heterocycles. The molecule has 1 aromatic heterocycles. The molecule has 1 heterocycles. The van der Waals surface area contributed by atoms with Crippen molar-refractivity contribution >= 4 is 54.0 Å². The van der Waals surface area contributed by atoms with Crippen LogP contribution in [0.1, 0.15) is 0 Å². The van der Waals surface area contributed by atoms with E-state index in [0.717, 1.165) is 10.9 Å². The molecule has 0 aliphatic heterocycles. The van der Waals surface area contributed by atoms with Crippen molar-refractivity contribution in [3.8, 4) is 33.4 Å².